The third-order valence-corrected chi connectivity index (χ3v) is 7.26. The van der Waals surface area contributed by atoms with Gasteiger partial charge in [0, 0.05) is 34.7 Å². The molecule has 0 radical (unpaired) electrons. The number of fused-ring (bicyclic) bond motifs is 1. The van der Waals surface area contributed by atoms with Gasteiger partial charge < -0.3 is 14.6 Å². The van der Waals surface area contributed by atoms with E-state index in [0.29, 0.717) is 17.2 Å². The summed E-state index contributed by atoms with van der Waals surface area (Å²) in [6.07, 6.45) is 1.59. The highest BCUT2D eigenvalue weighted by Crippen LogP contribution is 2.46. The van der Waals surface area contributed by atoms with Gasteiger partial charge in [0.15, 0.2) is 6.10 Å². The Morgan fingerprint density at radius 2 is 2.03 bits per heavy atom. The quantitative estimate of drug-likeness (QED) is 0.353. The van der Waals surface area contributed by atoms with Crippen molar-refractivity contribution in [3.8, 4) is 16.9 Å². The lowest BCUT2D eigenvalue weighted by Crippen LogP contribution is -2.28. The van der Waals surface area contributed by atoms with Crippen molar-refractivity contribution in [2.75, 3.05) is 6.61 Å². The molecular formula is C28H28N2O5S. The van der Waals surface area contributed by atoms with Crippen molar-refractivity contribution in [3.05, 3.63) is 52.2 Å². The fourth-order valence-corrected chi connectivity index (χ4v) is 6.03. The molecule has 5 rings (SSSR count). The first-order chi connectivity index (χ1) is 17.0. The Bertz CT molecular complexity index is 1520. The second kappa shape index (κ2) is 8.94. The first kappa shape index (κ1) is 24.3. The SMILES string of the molecule is CC(=O)Cc1nc2cc(C)c([C@H](OC(C)(C)C)C(=O)O)c(-c3ccc4c5c(ccnc35)CCO4)c2s1. The van der Waals surface area contributed by atoms with E-state index in [1.807, 2.05) is 52.0 Å². The van der Waals surface area contributed by atoms with Crippen LogP contribution in [0.4, 0.5) is 0 Å². The van der Waals surface area contributed by atoms with E-state index in [4.69, 9.17) is 19.4 Å². The van der Waals surface area contributed by atoms with Crippen molar-refractivity contribution >= 4 is 44.2 Å². The number of carboxylic acid groups (broad SMARTS) is 1. The molecule has 0 spiro atoms. The molecule has 1 aliphatic heterocycles. The van der Waals surface area contributed by atoms with Gasteiger partial charge in [-0.2, -0.15) is 0 Å². The zero-order chi connectivity index (χ0) is 25.8. The second-order valence-electron chi connectivity index (χ2n) is 10.2. The number of pyridine rings is 1. The predicted octanol–water partition coefficient (Wildman–Crippen LogP) is 5.83. The molecule has 1 aliphatic rings. The average Bonchev–Trinajstić information content (AvgIpc) is 3.18. The molecule has 0 bridgehead atoms. The number of rotatable bonds is 6. The Hall–Kier alpha value is -3.36. The van der Waals surface area contributed by atoms with Crippen LogP contribution in [0.3, 0.4) is 0 Å². The molecule has 3 heterocycles. The zero-order valence-corrected chi connectivity index (χ0v) is 21.8. The number of ether oxygens (including phenoxy) is 2. The lowest BCUT2D eigenvalue weighted by molar-refractivity contribution is -0.160. The van der Waals surface area contributed by atoms with E-state index >= 15 is 0 Å². The van der Waals surface area contributed by atoms with Crippen molar-refractivity contribution in [1.29, 1.82) is 0 Å². The van der Waals surface area contributed by atoms with Gasteiger partial charge >= 0.3 is 5.97 Å². The topological polar surface area (TPSA) is 98.6 Å². The van der Waals surface area contributed by atoms with Crippen LogP contribution in [0.5, 0.6) is 5.75 Å². The van der Waals surface area contributed by atoms with E-state index < -0.39 is 17.7 Å². The number of thiazole rings is 1. The third-order valence-electron chi connectivity index (χ3n) is 6.17. The highest BCUT2D eigenvalue weighted by molar-refractivity contribution is 7.19. The van der Waals surface area contributed by atoms with Crippen LogP contribution in [0.1, 0.15) is 55.5 Å². The minimum Gasteiger partial charge on any atom is -0.493 e. The summed E-state index contributed by atoms with van der Waals surface area (Å²) in [7, 11) is 0. The molecule has 0 saturated carbocycles. The summed E-state index contributed by atoms with van der Waals surface area (Å²) in [5.74, 6) is -0.274. The molecule has 0 fully saturated rings. The minimum absolute atomic E-state index is 0.0208. The molecule has 8 heteroatoms. The van der Waals surface area contributed by atoms with Gasteiger partial charge in [-0.15, -0.1) is 11.3 Å². The molecule has 2 aromatic carbocycles. The van der Waals surface area contributed by atoms with Gasteiger partial charge in [0.25, 0.3) is 0 Å². The molecule has 1 N–H and O–H groups in total. The number of hydrogen-bond acceptors (Lipinski definition) is 7. The van der Waals surface area contributed by atoms with Gasteiger partial charge in [-0.05, 0) is 70.0 Å². The van der Waals surface area contributed by atoms with Crippen LogP contribution in [-0.4, -0.2) is 39.0 Å². The maximum atomic E-state index is 12.6. The largest absolute Gasteiger partial charge is 0.493 e. The van der Waals surface area contributed by atoms with E-state index in [1.165, 1.54) is 18.3 Å². The molecule has 0 unspecified atom stereocenters. The third kappa shape index (κ3) is 4.35. The van der Waals surface area contributed by atoms with E-state index in [0.717, 1.165) is 55.5 Å². The van der Waals surface area contributed by atoms with Crippen LogP contribution in [0.2, 0.25) is 0 Å². The van der Waals surface area contributed by atoms with Crippen molar-refractivity contribution in [2.24, 2.45) is 0 Å². The number of aromatic nitrogens is 2. The number of carboxylic acids is 1. The molecule has 7 nitrogen and oxygen atoms in total. The highest BCUT2D eigenvalue weighted by Gasteiger charge is 2.33. The number of ketones is 1. The van der Waals surface area contributed by atoms with E-state index in [-0.39, 0.29) is 12.2 Å². The molecule has 2 aromatic heterocycles. The normalized spacial score (nSPS) is 14.1. The summed E-state index contributed by atoms with van der Waals surface area (Å²) in [5, 5.41) is 11.9. The van der Waals surface area contributed by atoms with Crippen molar-refractivity contribution in [1.82, 2.24) is 9.97 Å². The Labute approximate surface area is 213 Å². The van der Waals surface area contributed by atoms with Gasteiger partial charge in [-0.3, -0.25) is 9.78 Å². The number of nitrogens with zero attached hydrogens (tertiary/aromatic N) is 2. The summed E-state index contributed by atoms with van der Waals surface area (Å²) in [5.41, 5.74) is 4.79. The van der Waals surface area contributed by atoms with Crippen LogP contribution in [0.15, 0.2) is 30.5 Å². The van der Waals surface area contributed by atoms with E-state index in [9.17, 15) is 14.7 Å². The van der Waals surface area contributed by atoms with Crippen LogP contribution < -0.4 is 4.74 Å². The first-order valence-corrected chi connectivity index (χ1v) is 12.7. The van der Waals surface area contributed by atoms with Crippen LogP contribution in [-0.2, 0) is 27.2 Å². The van der Waals surface area contributed by atoms with Gasteiger partial charge in [0.2, 0.25) is 0 Å². The summed E-state index contributed by atoms with van der Waals surface area (Å²) in [4.78, 5) is 33.9. The summed E-state index contributed by atoms with van der Waals surface area (Å²) >= 11 is 1.41. The molecule has 36 heavy (non-hydrogen) atoms. The lowest BCUT2D eigenvalue weighted by Gasteiger charge is -2.28. The van der Waals surface area contributed by atoms with Gasteiger partial charge in [-0.25, -0.2) is 9.78 Å². The second-order valence-corrected chi connectivity index (χ2v) is 11.3. The maximum absolute atomic E-state index is 12.6. The average molecular weight is 505 g/mol. The maximum Gasteiger partial charge on any atom is 0.337 e. The summed E-state index contributed by atoms with van der Waals surface area (Å²) in [6, 6.07) is 7.76. The monoisotopic (exact) mass is 504 g/mol. The number of aliphatic carboxylic acids is 1. The first-order valence-electron chi connectivity index (χ1n) is 11.9. The fraction of sp³-hybridized carbons (Fsp3) is 0.357. The minimum atomic E-state index is -1.20. The molecule has 1 atom stereocenters. The predicted molar refractivity (Wildman–Crippen MR) is 140 cm³/mol. The number of carbonyl (C=O) groups is 2. The number of Topliss-reactive ketones (excluding diaryl/α,β-unsaturated/α-hetero) is 1. The Balaban J connectivity index is 1.89. The number of benzene rings is 2. The van der Waals surface area contributed by atoms with Gasteiger partial charge in [-0.1, -0.05) is 0 Å². The molecule has 0 saturated heterocycles. The number of carbonyl (C=O) groups excluding carboxylic acids is 1. The Morgan fingerprint density at radius 1 is 1.25 bits per heavy atom. The molecule has 0 amide bonds. The molecule has 186 valence electrons. The van der Waals surface area contributed by atoms with Crippen LogP contribution >= 0.6 is 11.3 Å². The van der Waals surface area contributed by atoms with Gasteiger partial charge in [0.05, 0.1) is 34.4 Å². The highest BCUT2D eigenvalue weighted by atomic mass is 32.1. The van der Waals surface area contributed by atoms with Crippen molar-refractivity contribution in [3.63, 3.8) is 0 Å². The summed E-state index contributed by atoms with van der Waals surface area (Å²) in [6.45, 7) is 9.55. The van der Waals surface area contributed by atoms with Crippen molar-refractivity contribution in [2.45, 2.75) is 59.2 Å². The standard InChI is InChI=1S/C28H28N2O5S/c1-14-12-18-26(36-20(30-18)13-15(2)31)23(21(14)25(27(32)33)35-28(3,4)5)17-6-7-19-22-16(9-11-34-19)8-10-29-24(17)22/h6-8,10,12,25H,9,11,13H2,1-5H3,(H,32,33)/t25-/m0/s1. The number of aryl methyl sites for hydroxylation is 1. The Morgan fingerprint density at radius 3 is 2.72 bits per heavy atom. The summed E-state index contributed by atoms with van der Waals surface area (Å²) < 4.78 is 12.9. The molecule has 0 aliphatic carbocycles. The fourth-order valence-electron chi connectivity index (χ4n) is 4.84. The van der Waals surface area contributed by atoms with Gasteiger partial charge in [0.1, 0.15) is 16.5 Å². The smallest absolute Gasteiger partial charge is 0.337 e. The number of hydrogen-bond donors (Lipinski definition) is 1. The van der Waals surface area contributed by atoms with Crippen LogP contribution in [0, 0.1) is 6.92 Å². The van der Waals surface area contributed by atoms with Crippen LogP contribution in [0.25, 0.3) is 32.2 Å². The lowest BCUT2D eigenvalue weighted by atomic mass is 9.89. The van der Waals surface area contributed by atoms with Crippen molar-refractivity contribution < 1.29 is 24.2 Å². The molecule has 4 aromatic rings. The zero-order valence-electron chi connectivity index (χ0n) is 21.0. The Kier molecular flexibility index (Phi) is 6.04. The van der Waals surface area contributed by atoms with E-state index in [2.05, 4.69) is 0 Å². The van der Waals surface area contributed by atoms with E-state index in [1.54, 1.807) is 6.20 Å². The molecular weight excluding hydrogens is 476 g/mol.